The lowest BCUT2D eigenvalue weighted by molar-refractivity contribution is -0.137. The number of benzene rings is 1. The molecule has 1 saturated heterocycles. The molecule has 2 heterocycles. The van der Waals surface area contributed by atoms with Crippen LogP contribution in [-0.4, -0.2) is 45.0 Å². The maximum absolute atomic E-state index is 14.3. The van der Waals surface area contributed by atoms with Crippen molar-refractivity contribution in [1.29, 1.82) is 0 Å². The largest absolute Gasteiger partial charge is 0.343 e. The first-order valence-electron chi connectivity index (χ1n) is 13.5. The van der Waals surface area contributed by atoms with Gasteiger partial charge in [0.15, 0.2) is 0 Å². The molecule has 2 N–H and O–H groups in total. The van der Waals surface area contributed by atoms with Crippen LogP contribution in [0.4, 0.5) is 4.39 Å². The van der Waals surface area contributed by atoms with Crippen molar-refractivity contribution < 1.29 is 14.0 Å². The van der Waals surface area contributed by atoms with Crippen LogP contribution in [0.3, 0.4) is 0 Å². The second-order valence-corrected chi connectivity index (χ2v) is 11.0. The Labute approximate surface area is 228 Å². The lowest BCUT2D eigenvalue weighted by Gasteiger charge is -2.45. The molecule has 0 saturated carbocycles. The number of hydrogen-bond acceptors (Lipinski definition) is 4. The number of aromatic nitrogens is 2. The number of aryl methyl sites for hydroxylation is 2. The fourth-order valence-corrected chi connectivity index (χ4v) is 6.04. The van der Waals surface area contributed by atoms with Crippen LogP contribution in [-0.2, 0) is 11.2 Å². The number of allylic oxidation sites excluding steroid dienone is 3. The number of aromatic amines is 1. The standard InChI is InChI=1S/C31H37FN4O3/c1-6-31(7-2)14-12-26(30(5)13-8-9-25(32)18-30)36(31)27(37)19-33-28(38)23-11-10-22(20(3)15-23)17-24-16-21(4)34-35-29(24)39/h6,8-11,15-16,18,26H,1,7,12-14,17,19H2,2-5H3,(H,33,38)(H,35,39)/t26-,30?,31-/m0/s1. The summed E-state index contributed by atoms with van der Waals surface area (Å²) in [6, 6.07) is 6.84. The van der Waals surface area contributed by atoms with Crippen LogP contribution in [0.15, 0.2) is 65.8 Å². The van der Waals surface area contributed by atoms with E-state index in [1.165, 1.54) is 6.08 Å². The predicted octanol–water partition coefficient (Wildman–Crippen LogP) is 4.85. The normalized spacial score (nSPS) is 24.4. The van der Waals surface area contributed by atoms with Gasteiger partial charge in [0.05, 0.1) is 17.8 Å². The molecule has 4 rings (SSSR count). The van der Waals surface area contributed by atoms with Gasteiger partial charge >= 0.3 is 0 Å². The van der Waals surface area contributed by atoms with E-state index in [0.29, 0.717) is 30.4 Å². The number of rotatable bonds is 8. The monoisotopic (exact) mass is 532 g/mol. The van der Waals surface area contributed by atoms with Crippen molar-refractivity contribution in [3.63, 3.8) is 0 Å². The molecule has 8 heteroatoms. The Hall–Kier alpha value is -3.81. The van der Waals surface area contributed by atoms with Gasteiger partial charge in [0.1, 0.15) is 5.83 Å². The van der Waals surface area contributed by atoms with Crippen LogP contribution in [0, 0.1) is 19.3 Å². The zero-order valence-corrected chi connectivity index (χ0v) is 23.1. The third-order valence-electron chi connectivity index (χ3n) is 8.36. The molecule has 39 heavy (non-hydrogen) atoms. The fourth-order valence-electron chi connectivity index (χ4n) is 6.04. The first-order chi connectivity index (χ1) is 18.5. The van der Waals surface area contributed by atoms with Gasteiger partial charge in [-0.05, 0) is 81.0 Å². The second kappa shape index (κ2) is 11.1. The lowest BCUT2D eigenvalue weighted by Crippen LogP contribution is -2.56. The van der Waals surface area contributed by atoms with Crippen molar-refractivity contribution >= 4 is 11.8 Å². The van der Waals surface area contributed by atoms with Crippen molar-refractivity contribution in [1.82, 2.24) is 20.4 Å². The van der Waals surface area contributed by atoms with E-state index in [9.17, 15) is 18.8 Å². The summed E-state index contributed by atoms with van der Waals surface area (Å²) in [5.74, 6) is -0.859. The average molecular weight is 533 g/mol. The highest BCUT2D eigenvalue weighted by Gasteiger charge is 2.51. The van der Waals surface area contributed by atoms with Gasteiger partial charge in [0.25, 0.3) is 11.5 Å². The van der Waals surface area contributed by atoms with Crippen molar-refractivity contribution in [3.8, 4) is 0 Å². The lowest BCUT2D eigenvalue weighted by atomic mass is 9.75. The third kappa shape index (κ3) is 5.65. The molecule has 0 bridgehead atoms. The third-order valence-corrected chi connectivity index (χ3v) is 8.36. The molecule has 1 aromatic carbocycles. The van der Waals surface area contributed by atoms with Crippen molar-refractivity contribution in [2.24, 2.45) is 5.41 Å². The first kappa shape index (κ1) is 28.2. The molecule has 206 valence electrons. The van der Waals surface area contributed by atoms with Gasteiger partial charge in [-0.15, -0.1) is 6.58 Å². The van der Waals surface area contributed by atoms with E-state index in [1.54, 1.807) is 24.3 Å². The van der Waals surface area contributed by atoms with Crippen LogP contribution in [0.2, 0.25) is 0 Å². The molecule has 1 aliphatic heterocycles. The van der Waals surface area contributed by atoms with E-state index in [2.05, 4.69) is 22.1 Å². The summed E-state index contributed by atoms with van der Waals surface area (Å²) in [6.45, 7) is 11.6. The maximum Gasteiger partial charge on any atom is 0.267 e. The summed E-state index contributed by atoms with van der Waals surface area (Å²) >= 11 is 0. The van der Waals surface area contributed by atoms with Crippen molar-refractivity contribution in [2.45, 2.75) is 71.4 Å². The zero-order chi connectivity index (χ0) is 28.4. The molecule has 3 atom stereocenters. The Kier molecular flexibility index (Phi) is 8.04. The summed E-state index contributed by atoms with van der Waals surface area (Å²) in [4.78, 5) is 40.7. The number of H-pyrrole nitrogens is 1. The molecule has 7 nitrogen and oxygen atoms in total. The van der Waals surface area contributed by atoms with Crippen LogP contribution in [0.5, 0.6) is 0 Å². The Balaban J connectivity index is 1.49. The number of nitrogens with one attached hydrogen (secondary N) is 2. The highest BCUT2D eigenvalue weighted by atomic mass is 19.1. The first-order valence-corrected chi connectivity index (χ1v) is 13.5. The minimum atomic E-state index is -0.541. The number of carbonyl (C=O) groups excluding carboxylic acids is 2. The van der Waals surface area contributed by atoms with E-state index in [1.807, 2.05) is 50.8 Å². The summed E-state index contributed by atoms with van der Waals surface area (Å²) in [5.41, 5.74) is 2.23. The van der Waals surface area contributed by atoms with Gasteiger partial charge in [0, 0.05) is 29.0 Å². The molecule has 2 aromatic rings. The van der Waals surface area contributed by atoms with Gasteiger partial charge in [-0.2, -0.15) is 5.10 Å². The average Bonchev–Trinajstić information content (AvgIpc) is 3.31. The highest BCUT2D eigenvalue weighted by molar-refractivity contribution is 5.97. The topological polar surface area (TPSA) is 95.2 Å². The number of amides is 2. The molecule has 1 fully saturated rings. The van der Waals surface area contributed by atoms with Gasteiger partial charge in [-0.3, -0.25) is 14.4 Å². The number of likely N-dealkylation sites (tertiary alicyclic amines) is 1. The van der Waals surface area contributed by atoms with Crippen LogP contribution >= 0.6 is 0 Å². The number of nitrogens with zero attached hydrogens (tertiary/aromatic N) is 2. The van der Waals surface area contributed by atoms with Crippen molar-refractivity contribution in [2.75, 3.05) is 6.54 Å². The number of halogens is 1. The Morgan fingerprint density at radius 3 is 2.72 bits per heavy atom. The molecule has 0 spiro atoms. The zero-order valence-electron chi connectivity index (χ0n) is 23.1. The van der Waals surface area contributed by atoms with Crippen LogP contribution in [0.25, 0.3) is 0 Å². The van der Waals surface area contributed by atoms with Gasteiger partial charge in [0.2, 0.25) is 5.91 Å². The van der Waals surface area contributed by atoms with Crippen LogP contribution < -0.4 is 10.9 Å². The molecule has 1 aromatic heterocycles. The molecule has 0 radical (unpaired) electrons. The maximum atomic E-state index is 14.3. The Morgan fingerprint density at radius 1 is 1.28 bits per heavy atom. The predicted molar refractivity (Wildman–Crippen MR) is 150 cm³/mol. The minimum Gasteiger partial charge on any atom is -0.343 e. The van der Waals surface area contributed by atoms with Gasteiger partial charge in [-0.25, -0.2) is 9.49 Å². The molecular weight excluding hydrogens is 495 g/mol. The smallest absolute Gasteiger partial charge is 0.267 e. The van der Waals surface area contributed by atoms with Crippen molar-refractivity contribution in [3.05, 3.63) is 99.3 Å². The van der Waals surface area contributed by atoms with E-state index in [-0.39, 0.29) is 35.8 Å². The molecule has 1 aliphatic carbocycles. The van der Waals surface area contributed by atoms with Gasteiger partial charge in [-0.1, -0.05) is 32.1 Å². The van der Waals surface area contributed by atoms with E-state index in [0.717, 1.165) is 29.7 Å². The Bertz CT molecular complexity index is 1410. The Morgan fingerprint density at radius 2 is 2.05 bits per heavy atom. The van der Waals surface area contributed by atoms with Crippen LogP contribution in [0.1, 0.15) is 72.3 Å². The fraction of sp³-hybridized carbons (Fsp3) is 0.419. The summed E-state index contributed by atoms with van der Waals surface area (Å²) < 4.78 is 14.3. The molecule has 1 unspecified atom stereocenters. The number of hydrogen-bond donors (Lipinski definition) is 2. The second-order valence-electron chi connectivity index (χ2n) is 11.0. The number of carbonyl (C=O) groups is 2. The van der Waals surface area contributed by atoms with Gasteiger partial charge < -0.3 is 10.2 Å². The summed E-state index contributed by atoms with van der Waals surface area (Å²) in [7, 11) is 0. The summed E-state index contributed by atoms with van der Waals surface area (Å²) in [6.07, 6.45) is 9.94. The summed E-state index contributed by atoms with van der Waals surface area (Å²) in [5, 5.41) is 9.19. The van der Waals surface area contributed by atoms with E-state index < -0.39 is 11.0 Å². The van der Waals surface area contributed by atoms with E-state index in [4.69, 9.17) is 0 Å². The molecular formula is C31H37FN4O3. The van der Waals surface area contributed by atoms with E-state index >= 15 is 0 Å². The molecule has 2 aliphatic rings. The SMILES string of the molecule is C=C[C@]1(CC)CC[C@@H](C2(C)C=C(F)C=CC2)N1C(=O)CNC(=O)c1ccc(Cc2cc(C)n[nH]c2=O)c(C)c1. The minimum absolute atomic E-state index is 0.171. The highest BCUT2D eigenvalue weighted by Crippen LogP contribution is 2.48. The quantitative estimate of drug-likeness (QED) is 0.475. The molecule has 2 amide bonds.